The van der Waals surface area contributed by atoms with Crippen LogP contribution in [0, 0.1) is 0 Å². The van der Waals surface area contributed by atoms with E-state index in [4.69, 9.17) is 16.0 Å². The van der Waals surface area contributed by atoms with Gasteiger partial charge < -0.3 is 15.1 Å². The van der Waals surface area contributed by atoms with Crippen molar-refractivity contribution in [1.82, 2.24) is 9.78 Å². The number of alkyl halides is 3. The topological polar surface area (TPSA) is 72.1 Å². The maximum Gasteiger partial charge on any atom is 0.410 e. The average Bonchev–Trinajstić information content (AvgIpc) is 3.31. The van der Waals surface area contributed by atoms with Gasteiger partial charge in [-0.1, -0.05) is 11.6 Å². The van der Waals surface area contributed by atoms with E-state index in [9.17, 15) is 18.0 Å². The normalized spacial score (nSPS) is 19.0. The average molecular weight is 411 g/mol. The minimum atomic E-state index is -4.53. The predicted molar refractivity (Wildman–Crippen MR) is 96.4 cm³/mol. The zero-order valence-electron chi connectivity index (χ0n) is 14.2. The zero-order chi connectivity index (χ0) is 19.9. The van der Waals surface area contributed by atoms with Gasteiger partial charge in [0.15, 0.2) is 6.04 Å². The molecule has 3 aromatic rings. The number of carbonyl (C=O) groups is 1. The number of anilines is 2. The van der Waals surface area contributed by atoms with E-state index in [1.165, 1.54) is 6.26 Å². The van der Waals surface area contributed by atoms with Crippen LogP contribution in [0.3, 0.4) is 0 Å². The first-order valence-electron chi connectivity index (χ1n) is 8.34. The summed E-state index contributed by atoms with van der Waals surface area (Å²) in [4.78, 5) is 12.6. The minimum absolute atomic E-state index is 0.000422. The maximum atomic E-state index is 13.6. The van der Waals surface area contributed by atoms with E-state index in [0.29, 0.717) is 16.5 Å². The molecule has 2 unspecified atom stereocenters. The summed E-state index contributed by atoms with van der Waals surface area (Å²) in [5.74, 6) is -0.246. The van der Waals surface area contributed by atoms with Crippen LogP contribution in [0.4, 0.5) is 24.7 Å². The number of nitrogens with zero attached hydrogens (tertiary/aromatic N) is 2. The van der Waals surface area contributed by atoms with Gasteiger partial charge in [-0.3, -0.25) is 4.79 Å². The standard InChI is InChI=1S/C18H14ClF3N4O2/c19-10-3-5-11(6-4-10)24-17(27)12-9-23-26-15(18(20,21)22)8-13(25-16(12)26)14-2-1-7-28-14/h1-7,9,13,15,25H,8H2,(H,24,27). The molecule has 3 heterocycles. The lowest BCUT2D eigenvalue weighted by Crippen LogP contribution is -2.36. The van der Waals surface area contributed by atoms with E-state index in [2.05, 4.69) is 15.7 Å². The van der Waals surface area contributed by atoms with Gasteiger partial charge in [-0.2, -0.15) is 18.3 Å². The summed E-state index contributed by atoms with van der Waals surface area (Å²) in [7, 11) is 0. The summed E-state index contributed by atoms with van der Waals surface area (Å²) < 4.78 is 46.9. The van der Waals surface area contributed by atoms with Crippen LogP contribution in [0.2, 0.25) is 5.02 Å². The molecule has 2 N–H and O–H groups in total. The molecule has 146 valence electrons. The fourth-order valence-electron chi connectivity index (χ4n) is 3.14. The number of benzene rings is 1. The second kappa shape index (κ2) is 6.90. The molecule has 0 spiro atoms. The number of halogens is 4. The van der Waals surface area contributed by atoms with Crippen LogP contribution in [0.1, 0.15) is 34.6 Å². The molecule has 0 bridgehead atoms. The van der Waals surface area contributed by atoms with Gasteiger partial charge in [-0.05, 0) is 36.4 Å². The molecule has 0 saturated heterocycles. The Hall–Kier alpha value is -2.94. The first kappa shape index (κ1) is 18.4. The van der Waals surface area contributed by atoms with Gasteiger partial charge in [-0.25, -0.2) is 4.68 Å². The molecular formula is C18H14ClF3N4O2. The summed E-state index contributed by atoms with van der Waals surface area (Å²) in [6.07, 6.45) is -2.32. The van der Waals surface area contributed by atoms with Crippen molar-refractivity contribution in [2.24, 2.45) is 0 Å². The SMILES string of the molecule is O=C(Nc1ccc(Cl)cc1)c1cnn2c1NC(c1ccco1)CC2C(F)(F)F. The highest BCUT2D eigenvalue weighted by molar-refractivity contribution is 6.30. The van der Waals surface area contributed by atoms with Crippen LogP contribution in [-0.2, 0) is 0 Å². The highest BCUT2D eigenvalue weighted by Gasteiger charge is 2.47. The number of nitrogens with one attached hydrogen (secondary N) is 2. The number of carbonyl (C=O) groups excluding carboxylic acids is 1. The third-order valence-corrected chi connectivity index (χ3v) is 4.72. The predicted octanol–water partition coefficient (Wildman–Crippen LogP) is 5.04. The van der Waals surface area contributed by atoms with Crippen molar-refractivity contribution in [3.05, 3.63) is 65.2 Å². The molecule has 2 aromatic heterocycles. The van der Waals surface area contributed by atoms with Gasteiger partial charge in [0, 0.05) is 17.1 Å². The number of rotatable bonds is 3. The largest absolute Gasteiger partial charge is 0.467 e. The number of hydrogen-bond acceptors (Lipinski definition) is 4. The molecule has 0 saturated carbocycles. The van der Waals surface area contributed by atoms with Gasteiger partial charge in [0.25, 0.3) is 5.91 Å². The molecule has 2 atom stereocenters. The van der Waals surface area contributed by atoms with Crippen molar-refractivity contribution in [3.63, 3.8) is 0 Å². The van der Waals surface area contributed by atoms with Crippen molar-refractivity contribution < 1.29 is 22.4 Å². The van der Waals surface area contributed by atoms with Gasteiger partial charge in [-0.15, -0.1) is 0 Å². The molecule has 0 aliphatic carbocycles. The van der Waals surface area contributed by atoms with E-state index < -0.39 is 24.2 Å². The van der Waals surface area contributed by atoms with E-state index in [0.717, 1.165) is 10.9 Å². The Morgan fingerprint density at radius 3 is 2.68 bits per heavy atom. The van der Waals surface area contributed by atoms with Crippen molar-refractivity contribution >= 4 is 29.0 Å². The Bertz CT molecular complexity index is 983. The fourth-order valence-corrected chi connectivity index (χ4v) is 3.26. The smallest absolute Gasteiger partial charge is 0.410 e. The Labute approximate surface area is 162 Å². The lowest BCUT2D eigenvalue weighted by molar-refractivity contribution is -0.174. The van der Waals surface area contributed by atoms with Gasteiger partial charge in [0.05, 0.1) is 18.5 Å². The zero-order valence-corrected chi connectivity index (χ0v) is 15.0. The van der Waals surface area contributed by atoms with Crippen molar-refractivity contribution in [2.75, 3.05) is 10.6 Å². The van der Waals surface area contributed by atoms with Crippen LogP contribution in [0.15, 0.2) is 53.3 Å². The summed E-state index contributed by atoms with van der Waals surface area (Å²) in [6.45, 7) is 0. The summed E-state index contributed by atoms with van der Waals surface area (Å²) in [6, 6.07) is 6.93. The molecule has 1 aliphatic rings. The molecule has 1 aromatic carbocycles. The Kier molecular flexibility index (Phi) is 4.54. The molecule has 0 radical (unpaired) electrons. The Morgan fingerprint density at radius 2 is 2.04 bits per heavy atom. The first-order valence-corrected chi connectivity index (χ1v) is 8.72. The van der Waals surface area contributed by atoms with Crippen LogP contribution in [-0.4, -0.2) is 21.9 Å². The summed E-state index contributed by atoms with van der Waals surface area (Å²) in [5.41, 5.74) is 0.459. The third-order valence-electron chi connectivity index (χ3n) is 4.47. The molecule has 28 heavy (non-hydrogen) atoms. The fraction of sp³-hybridized carbons (Fsp3) is 0.222. The molecule has 10 heteroatoms. The van der Waals surface area contributed by atoms with Crippen LogP contribution >= 0.6 is 11.6 Å². The van der Waals surface area contributed by atoms with E-state index in [1.807, 2.05) is 0 Å². The number of furan rings is 1. The number of hydrogen-bond donors (Lipinski definition) is 2. The number of amides is 1. The van der Waals surface area contributed by atoms with Crippen molar-refractivity contribution in [2.45, 2.75) is 24.7 Å². The number of fused-ring (bicyclic) bond motifs is 1. The highest BCUT2D eigenvalue weighted by atomic mass is 35.5. The number of aromatic nitrogens is 2. The Morgan fingerprint density at radius 1 is 1.29 bits per heavy atom. The highest BCUT2D eigenvalue weighted by Crippen LogP contribution is 2.44. The van der Waals surface area contributed by atoms with E-state index in [-0.39, 0.29) is 17.8 Å². The Balaban J connectivity index is 1.67. The van der Waals surface area contributed by atoms with Crippen molar-refractivity contribution in [1.29, 1.82) is 0 Å². The maximum absolute atomic E-state index is 13.6. The monoisotopic (exact) mass is 410 g/mol. The van der Waals surface area contributed by atoms with Crippen molar-refractivity contribution in [3.8, 4) is 0 Å². The minimum Gasteiger partial charge on any atom is -0.467 e. The van der Waals surface area contributed by atoms with E-state index >= 15 is 0 Å². The molecule has 1 aliphatic heterocycles. The van der Waals surface area contributed by atoms with Crippen LogP contribution in [0.5, 0.6) is 0 Å². The second-order valence-electron chi connectivity index (χ2n) is 6.32. The lowest BCUT2D eigenvalue weighted by Gasteiger charge is -2.32. The molecular weight excluding hydrogens is 397 g/mol. The van der Waals surface area contributed by atoms with Crippen LogP contribution in [0.25, 0.3) is 0 Å². The summed E-state index contributed by atoms with van der Waals surface area (Å²) >= 11 is 5.81. The van der Waals surface area contributed by atoms with E-state index in [1.54, 1.807) is 36.4 Å². The molecule has 4 rings (SSSR count). The van der Waals surface area contributed by atoms with Gasteiger partial charge >= 0.3 is 6.18 Å². The van der Waals surface area contributed by atoms with Gasteiger partial charge in [0.2, 0.25) is 0 Å². The molecule has 0 fully saturated rings. The molecule has 1 amide bonds. The lowest BCUT2D eigenvalue weighted by atomic mass is 10.0. The third kappa shape index (κ3) is 3.45. The first-order chi connectivity index (χ1) is 13.3. The molecule has 6 nitrogen and oxygen atoms in total. The second-order valence-corrected chi connectivity index (χ2v) is 6.75. The van der Waals surface area contributed by atoms with Gasteiger partial charge in [0.1, 0.15) is 17.1 Å². The summed E-state index contributed by atoms with van der Waals surface area (Å²) in [5, 5.41) is 9.90. The van der Waals surface area contributed by atoms with Crippen LogP contribution < -0.4 is 10.6 Å². The quantitative estimate of drug-likeness (QED) is 0.634.